The molecule has 6 nitrogen and oxygen atoms in total. The van der Waals surface area contributed by atoms with Gasteiger partial charge in [0.25, 0.3) is 11.7 Å². The van der Waals surface area contributed by atoms with Gasteiger partial charge in [-0.15, -0.1) is 0 Å². The van der Waals surface area contributed by atoms with Crippen molar-refractivity contribution < 1.29 is 9.90 Å². The van der Waals surface area contributed by atoms with E-state index in [0.717, 1.165) is 22.8 Å². The number of aliphatic imine (C=N–C) groups is 1. The number of nitrogens with zero attached hydrogens (tertiary/aromatic N) is 3. The third-order valence-electron chi connectivity index (χ3n) is 4.46. The van der Waals surface area contributed by atoms with Gasteiger partial charge in [0.2, 0.25) is 6.67 Å². The molecule has 2 aliphatic rings. The number of hydrogen-bond acceptors (Lipinski definition) is 5. The second kappa shape index (κ2) is 7.19. The number of rotatable bonds is 4. The molecule has 27 heavy (non-hydrogen) atoms. The number of benzene rings is 2. The van der Waals surface area contributed by atoms with Gasteiger partial charge in [-0.05, 0) is 36.8 Å². The van der Waals surface area contributed by atoms with Crippen LogP contribution >= 0.6 is 0 Å². The summed E-state index contributed by atoms with van der Waals surface area (Å²) < 4.78 is 0. The highest BCUT2D eigenvalue weighted by Gasteiger charge is 2.35. The van der Waals surface area contributed by atoms with Crippen molar-refractivity contribution in [2.24, 2.45) is 4.99 Å². The van der Waals surface area contributed by atoms with Crippen LogP contribution in [0.15, 0.2) is 83.8 Å². The van der Waals surface area contributed by atoms with Crippen molar-refractivity contribution >= 4 is 23.1 Å². The molecule has 2 aliphatic heterocycles. The van der Waals surface area contributed by atoms with Crippen LogP contribution in [-0.2, 0) is 4.79 Å². The Bertz CT molecular complexity index is 948. The fourth-order valence-electron chi connectivity index (χ4n) is 3.00. The van der Waals surface area contributed by atoms with Crippen LogP contribution in [-0.4, -0.2) is 23.5 Å². The first kappa shape index (κ1) is 17.2. The maximum absolute atomic E-state index is 12.5. The molecule has 2 aromatic rings. The summed E-state index contributed by atoms with van der Waals surface area (Å²) in [6, 6.07) is 17.1. The fourth-order valence-corrected chi connectivity index (χ4v) is 3.00. The van der Waals surface area contributed by atoms with Crippen LogP contribution in [0, 0.1) is 0 Å². The molecule has 2 heterocycles. The standard InChI is InChI=1S/C21H20N4O2/c1-15(26)16-6-5-9-18(12-16)24-11-10-20-23-19(13-25(20)14-24)21(27)22-17-7-3-2-4-8-17/h2-13,15,26H,14H2,1H3,(H,22,27)/q+1. The Morgan fingerprint density at radius 1 is 1.22 bits per heavy atom. The van der Waals surface area contributed by atoms with Gasteiger partial charge in [-0.1, -0.05) is 35.2 Å². The molecule has 0 saturated heterocycles. The van der Waals surface area contributed by atoms with Crippen LogP contribution in [0.2, 0.25) is 0 Å². The normalized spacial score (nSPS) is 17.2. The molecule has 0 aromatic heterocycles. The Hall–Kier alpha value is -3.22. The summed E-state index contributed by atoms with van der Waals surface area (Å²) in [6.07, 6.45) is 5.04. The van der Waals surface area contributed by atoms with Gasteiger partial charge in [0.1, 0.15) is 0 Å². The van der Waals surface area contributed by atoms with Crippen molar-refractivity contribution in [3.63, 3.8) is 0 Å². The van der Waals surface area contributed by atoms with Crippen LogP contribution in [0.3, 0.4) is 0 Å². The first-order valence-electron chi connectivity index (χ1n) is 8.76. The largest absolute Gasteiger partial charge is 0.389 e. The van der Waals surface area contributed by atoms with Crippen LogP contribution in [0.1, 0.15) is 18.6 Å². The first-order chi connectivity index (χ1) is 13.1. The maximum atomic E-state index is 12.5. The lowest BCUT2D eigenvalue weighted by atomic mass is 10.1. The Kier molecular flexibility index (Phi) is 4.58. The summed E-state index contributed by atoms with van der Waals surface area (Å²) in [6.45, 7) is 2.29. The fraction of sp³-hybridized carbons (Fsp3) is 0.143. The van der Waals surface area contributed by atoms with Crippen molar-refractivity contribution in [3.8, 4) is 0 Å². The molecule has 1 unspecified atom stereocenters. The molecular weight excluding hydrogens is 340 g/mol. The van der Waals surface area contributed by atoms with Gasteiger partial charge >= 0.3 is 0 Å². The summed E-state index contributed by atoms with van der Waals surface area (Å²) >= 11 is 0. The number of hydrogen-bond donors (Lipinski definition) is 2. The topological polar surface area (TPSA) is 70.8 Å². The smallest absolute Gasteiger partial charge is 0.285 e. The number of carbonyl (C=O) groups is 1. The predicted molar refractivity (Wildman–Crippen MR) is 106 cm³/mol. The van der Waals surface area contributed by atoms with Crippen LogP contribution in [0.5, 0.6) is 0 Å². The monoisotopic (exact) mass is 360 g/mol. The highest BCUT2D eigenvalue weighted by atomic mass is 16.3. The van der Waals surface area contributed by atoms with E-state index in [-0.39, 0.29) is 5.91 Å². The Morgan fingerprint density at radius 3 is 2.81 bits per heavy atom. The molecule has 2 aromatic carbocycles. The molecule has 0 aliphatic carbocycles. The maximum Gasteiger partial charge on any atom is 0.285 e. The predicted octanol–water partition coefficient (Wildman–Crippen LogP) is 3.06. The lowest BCUT2D eigenvalue weighted by molar-refractivity contribution is -0.112. The van der Waals surface area contributed by atoms with Gasteiger partial charge in [-0.2, -0.15) is 4.99 Å². The molecule has 0 spiro atoms. The summed E-state index contributed by atoms with van der Waals surface area (Å²) in [5, 5.41) is 12.6. The second-order valence-corrected chi connectivity index (χ2v) is 6.47. The number of aliphatic hydroxyl groups is 1. The molecule has 1 amide bonds. The Morgan fingerprint density at radius 2 is 2.04 bits per heavy atom. The van der Waals surface area contributed by atoms with Crippen molar-refractivity contribution in [1.82, 2.24) is 4.90 Å². The zero-order chi connectivity index (χ0) is 18.8. The van der Waals surface area contributed by atoms with Gasteiger partial charge in [0, 0.05) is 23.7 Å². The number of anilines is 2. The quantitative estimate of drug-likeness (QED) is 0.823. The van der Waals surface area contributed by atoms with Crippen molar-refractivity contribution in [1.29, 1.82) is 0 Å². The van der Waals surface area contributed by atoms with Gasteiger partial charge in [-0.3, -0.25) is 9.69 Å². The van der Waals surface area contributed by atoms with E-state index in [1.54, 1.807) is 13.1 Å². The van der Waals surface area contributed by atoms with E-state index < -0.39 is 6.10 Å². The molecule has 2 N–H and O–H groups in total. The number of fused-ring (bicyclic) bond motifs is 1. The van der Waals surface area contributed by atoms with E-state index in [2.05, 4.69) is 10.3 Å². The molecule has 6 heteroatoms. The number of amides is 1. The highest BCUT2D eigenvalue weighted by Crippen LogP contribution is 2.24. The lowest BCUT2D eigenvalue weighted by Crippen LogP contribution is -2.41. The van der Waals surface area contributed by atoms with Gasteiger partial charge in [0.15, 0.2) is 11.9 Å². The summed E-state index contributed by atoms with van der Waals surface area (Å²) in [4.78, 5) is 20.8. The Labute approximate surface area is 157 Å². The van der Waals surface area contributed by atoms with Crippen molar-refractivity contribution in [2.75, 3.05) is 16.9 Å². The van der Waals surface area contributed by atoms with E-state index in [4.69, 9.17) is 0 Å². The number of nitrogens with one attached hydrogen (secondary N) is 1. The van der Waals surface area contributed by atoms with Gasteiger partial charge in [0.05, 0.1) is 6.10 Å². The molecule has 0 fully saturated rings. The van der Waals surface area contributed by atoms with E-state index in [9.17, 15) is 9.90 Å². The van der Waals surface area contributed by atoms with Crippen molar-refractivity contribution in [3.05, 3.63) is 84.3 Å². The summed E-state index contributed by atoms with van der Waals surface area (Å²) in [7, 11) is 0. The van der Waals surface area contributed by atoms with Gasteiger partial charge < -0.3 is 10.4 Å². The molecule has 1 atom stereocenters. The minimum absolute atomic E-state index is 0.237. The summed E-state index contributed by atoms with van der Waals surface area (Å²) in [5.74, 6) is 0.496. The van der Waals surface area contributed by atoms with E-state index >= 15 is 0 Å². The minimum atomic E-state index is -0.518. The summed E-state index contributed by atoms with van der Waals surface area (Å²) in [5.41, 5.74) is 2.94. The number of carbonyl (C=O) groups excluding carboxylic acids is 1. The zero-order valence-corrected chi connectivity index (χ0v) is 14.9. The number of para-hydroxylation sites is 1. The SMILES string of the molecule is CC(O)c1cccc(N2C=CC3=NC(C(=O)Nc4ccccc4)=C[N+]3C2)c1. The molecule has 135 valence electrons. The van der Waals surface area contributed by atoms with E-state index in [1.165, 1.54) is 0 Å². The molecule has 0 bridgehead atoms. The average molecular weight is 360 g/mol. The minimum Gasteiger partial charge on any atom is -0.389 e. The van der Waals surface area contributed by atoms with Crippen LogP contribution in [0.25, 0.3) is 0 Å². The van der Waals surface area contributed by atoms with Gasteiger partial charge in [-0.25, -0.2) is 0 Å². The third-order valence-corrected chi connectivity index (χ3v) is 4.46. The highest BCUT2D eigenvalue weighted by molar-refractivity contribution is 6.10. The average Bonchev–Trinajstić information content (AvgIpc) is 3.12. The van der Waals surface area contributed by atoms with E-state index in [0.29, 0.717) is 12.4 Å². The van der Waals surface area contributed by atoms with Crippen LogP contribution in [0.4, 0.5) is 11.4 Å². The lowest BCUT2D eigenvalue weighted by Gasteiger charge is -2.23. The molecule has 0 saturated carbocycles. The van der Waals surface area contributed by atoms with Crippen LogP contribution < -0.4 is 15.1 Å². The number of aliphatic hydroxyl groups excluding tert-OH is 1. The van der Waals surface area contributed by atoms with Crippen molar-refractivity contribution in [2.45, 2.75) is 13.0 Å². The second-order valence-electron chi connectivity index (χ2n) is 6.47. The Balaban J connectivity index is 1.49. The molecule has 4 rings (SSSR count). The number of amidine groups is 1. The van der Waals surface area contributed by atoms with E-state index in [1.807, 2.05) is 76.7 Å². The molecular formula is C21H20N4O2+. The third kappa shape index (κ3) is 3.67. The zero-order valence-electron chi connectivity index (χ0n) is 14.9. The molecule has 1 radical (unpaired) electrons. The first-order valence-corrected chi connectivity index (χ1v) is 8.76.